The molecule has 0 bridgehead atoms. The average Bonchev–Trinajstić information content (AvgIpc) is 2.99. The molecule has 0 spiro atoms. The third kappa shape index (κ3) is 3.55. The largest absolute Gasteiger partial charge is 0.367 e. The van der Waals surface area contributed by atoms with Crippen LogP contribution >= 0.6 is 0 Å². The first-order valence-electron chi connectivity index (χ1n) is 7.67. The summed E-state index contributed by atoms with van der Waals surface area (Å²) in [6, 6.07) is 0. The van der Waals surface area contributed by atoms with Gasteiger partial charge in [-0.2, -0.15) is 4.98 Å². The molecule has 2 aromatic rings. The lowest BCUT2D eigenvalue weighted by atomic mass is 10.1. The van der Waals surface area contributed by atoms with Crippen LogP contribution in [0.3, 0.4) is 0 Å². The van der Waals surface area contributed by atoms with E-state index in [9.17, 15) is 4.79 Å². The lowest BCUT2D eigenvalue weighted by Gasteiger charge is -2.26. The van der Waals surface area contributed by atoms with Crippen LogP contribution in [0.25, 0.3) is 0 Å². The van der Waals surface area contributed by atoms with E-state index in [0.29, 0.717) is 23.0 Å². The fourth-order valence-corrected chi connectivity index (χ4v) is 2.57. The summed E-state index contributed by atoms with van der Waals surface area (Å²) in [4.78, 5) is 27.1. The molecule has 9 nitrogen and oxygen atoms in total. The lowest BCUT2D eigenvalue weighted by molar-refractivity contribution is 0.0948. The fraction of sp³-hybridized carbons (Fsp3) is 0.500. The number of aromatic nitrogens is 5. The van der Waals surface area contributed by atoms with Gasteiger partial charge in [-0.3, -0.25) is 9.89 Å². The molecule has 9 heteroatoms. The molecule has 2 aromatic heterocycles. The van der Waals surface area contributed by atoms with Crippen molar-refractivity contribution in [2.45, 2.75) is 32.7 Å². The molecule has 3 heterocycles. The Balaban J connectivity index is 1.66. The van der Waals surface area contributed by atoms with Gasteiger partial charge in [0, 0.05) is 19.3 Å². The van der Waals surface area contributed by atoms with Gasteiger partial charge in [-0.25, -0.2) is 9.97 Å². The number of aryl methyl sites for hydroxylation is 1. The molecule has 1 amide bonds. The standard InChI is InChI=1S/C14H20N8O/c1-9-10(12(23)16-8-11-19-13(15)21-20-11)7-17-14(18-9)22-5-3-2-4-6-22/h7H,2-6,8H2,1H3,(H,16,23)(H3,15,19,20,21). The van der Waals surface area contributed by atoms with Gasteiger partial charge >= 0.3 is 0 Å². The van der Waals surface area contributed by atoms with Gasteiger partial charge in [-0.1, -0.05) is 0 Å². The molecule has 0 aliphatic carbocycles. The number of rotatable bonds is 4. The van der Waals surface area contributed by atoms with Crippen LogP contribution in [0.4, 0.5) is 11.9 Å². The summed E-state index contributed by atoms with van der Waals surface area (Å²) in [6.45, 7) is 3.97. The Labute approximate surface area is 133 Å². The quantitative estimate of drug-likeness (QED) is 0.745. The van der Waals surface area contributed by atoms with Crippen molar-refractivity contribution >= 4 is 17.8 Å². The molecule has 4 N–H and O–H groups in total. The van der Waals surface area contributed by atoms with Gasteiger partial charge in [0.1, 0.15) is 5.82 Å². The number of nitrogens with two attached hydrogens (primary N) is 1. The van der Waals surface area contributed by atoms with Gasteiger partial charge < -0.3 is 16.0 Å². The Morgan fingerprint density at radius 1 is 1.35 bits per heavy atom. The van der Waals surface area contributed by atoms with Gasteiger partial charge in [0.25, 0.3) is 5.91 Å². The first kappa shape index (κ1) is 15.2. The number of anilines is 2. The highest BCUT2D eigenvalue weighted by Gasteiger charge is 2.17. The van der Waals surface area contributed by atoms with Crippen molar-refractivity contribution < 1.29 is 4.79 Å². The smallest absolute Gasteiger partial charge is 0.255 e. The first-order valence-corrected chi connectivity index (χ1v) is 7.67. The number of nitrogen functional groups attached to an aromatic ring is 1. The van der Waals surface area contributed by atoms with Crippen LogP contribution < -0.4 is 16.0 Å². The number of carbonyl (C=O) groups is 1. The summed E-state index contributed by atoms with van der Waals surface area (Å²) < 4.78 is 0. The number of hydrogen-bond donors (Lipinski definition) is 3. The normalized spacial score (nSPS) is 14.7. The monoisotopic (exact) mass is 316 g/mol. The van der Waals surface area contributed by atoms with Crippen LogP contribution in [-0.2, 0) is 6.54 Å². The molecule has 1 saturated heterocycles. The van der Waals surface area contributed by atoms with Gasteiger partial charge in [0.05, 0.1) is 17.8 Å². The van der Waals surface area contributed by atoms with Crippen LogP contribution in [0.5, 0.6) is 0 Å². The Bertz CT molecular complexity index is 692. The van der Waals surface area contributed by atoms with Crippen LogP contribution in [0.15, 0.2) is 6.20 Å². The molecule has 3 rings (SSSR count). The van der Waals surface area contributed by atoms with E-state index in [0.717, 1.165) is 25.9 Å². The second-order valence-electron chi connectivity index (χ2n) is 5.54. The third-order valence-corrected chi connectivity index (χ3v) is 3.82. The van der Waals surface area contributed by atoms with E-state index in [-0.39, 0.29) is 18.4 Å². The zero-order valence-corrected chi connectivity index (χ0v) is 13.0. The zero-order valence-electron chi connectivity index (χ0n) is 13.0. The van der Waals surface area contributed by atoms with Crippen molar-refractivity contribution in [1.29, 1.82) is 0 Å². The highest BCUT2D eigenvalue weighted by molar-refractivity contribution is 5.94. The van der Waals surface area contributed by atoms with E-state index in [1.54, 1.807) is 6.20 Å². The summed E-state index contributed by atoms with van der Waals surface area (Å²) in [6.07, 6.45) is 5.15. The summed E-state index contributed by atoms with van der Waals surface area (Å²) in [5.41, 5.74) is 6.54. The number of amides is 1. The maximum atomic E-state index is 12.2. The maximum absolute atomic E-state index is 12.2. The van der Waals surface area contributed by atoms with Gasteiger partial charge in [-0.05, 0) is 26.2 Å². The minimum Gasteiger partial charge on any atom is -0.367 e. The minimum absolute atomic E-state index is 0.152. The Hall–Kier alpha value is -2.71. The number of piperidine rings is 1. The van der Waals surface area contributed by atoms with Crippen molar-refractivity contribution in [3.8, 4) is 0 Å². The number of hydrogen-bond acceptors (Lipinski definition) is 7. The van der Waals surface area contributed by atoms with Gasteiger partial charge in [0.15, 0.2) is 0 Å². The predicted octanol–water partition coefficient (Wildman–Crippen LogP) is 0.406. The van der Waals surface area contributed by atoms with Crippen molar-refractivity contribution in [3.05, 3.63) is 23.3 Å². The molecule has 1 aliphatic rings. The molecule has 0 radical (unpaired) electrons. The molecular formula is C14H20N8O. The molecule has 0 saturated carbocycles. The number of H-pyrrole nitrogens is 1. The Morgan fingerprint density at radius 3 is 2.78 bits per heavy atom. The van der Waals surface area contributed by atoms with Crippen LogP contribution in [0, 0.1) is 6.92 Å². The molecule has 122 valence electrons. The van der Waals surface area contributed by atoms with Crippen molar-refractivity contribution in [3.63, 3.8) is 0 Å². The Morgan fingerprint density at radius 2 is 2.13 bits per heavy atom. The SMILES string of the molecule is Cc1nc(N2CCCCC2)ncc1C(=O)NCc1nc(N)n[nH]1. The molecule has 1 aliphatic heterocycles. The second kappa shape index (κ2) is 6.59. The highest BCUT2D eigenvalue weighted by atomic mass is 16.1. The summed E-state index contributed by atoms with van der Waals surface area (Å²) >= 11 is 0. The molecule has 0 unspecified atom stereocenters. The Kier molecular flexibility index (Phi) is 4.35. The summed E-state index contributed by atoms with van der Waals surface area (Å²) in [5, 5.41) is 9.10. The fourth-order valence-electron chi connectivity index (χ4n) is 2.57. The van der Waals surface area contributed by atoms with Crippen LogP contribution in [0.2, 0.25) is 0 Å². The van der Waals surface area contributed by atoms with Crippen LogP contribution in [0.1, 0.15) is 41.1 Å². The van der Waals surface area contributed by atoms with E-state index in [2.05, 4.69) is 35.4 Å². The van der Waals surface area contributed by atoms with E-state index in [1.165, 1.54) is 6.42 Å². The number of aromatic amines is 1. The van der Waals surface area contributed by atoms with Gasteiger partial charge in [-0.15, -0.1) is 5.10 Å². The first-order chi connectivity index (χ1) is 11.1. The van der Waals surface area contributed by atoms with E-state index in [4.69, 9.17) is 5.73 Å². The lowest BCUT2D eigenvalue weighted by Crippen LogP contribution is -2.32. The van der Waals surface area contributed by atoms with Crippen LogP contribution in [-0.4, -0.2) is 44.1 Å². The highest BCUT2D eigenvalue weighted by Crippen LogP contribution is 2.16. The van der Waals surface area contributed by atoms with Crippen molar-refractivity contribution in [2.24, 2.45) is 0 Å². The van der Waals surface area contributed by atoms with Crippen molar-refractivity contribution in [1.82, 2.24) is 30.5 Å². The van der Waals surface area contributed by atoms with E-state index in [1.807, 2.05) is 6.92 Å². The second-order valence-corrected chi connectivity index (χ2v) is 5.54. The topological polar surface area (TPSA) is 126 Å². The predicted molar refractivity (Wildman–Crippen MR) is 84.8 cm³/mol. The maximum Gasteiger partial charge on any atom is 0.255 e. The molecule has 0 atom stereocenters. The average molecular weight is 316 g/mol. The minimum atomic E-state index is -0.248. The number of nitrogens with one attached hydrogen (secondary N) is 2. The summed E-state index contributed by atoms with van der Waals surface area (Å²) in [5.74, 6) is 1.10. The zero-order chi connectivity index (χ0) is 16.2. The van der Waals surface area contributed by atoms with E-state index < -0.39 is 0 Å². The molecule has 0 aromatic carbocycles. The number of nitrogens with zero attached hydrogens (tertiary/aromatic N) is 5. The van der Waals surface area contributed by atoms with E-state index >= 15 is 0 Å². The molecule has 23 heavy (non-hydrogen) atoms. The molecule has 1 fully saturated rings. The van der Waals surface area contributed by atoms with Crippen molar-refractivity contribution in [2.75, 3.05) is 23.7 Å². The molecular weight excluding hydrogens is 296 g/mol. The number of carbonyl (C=O) groups excluding carboxylic acids is 1. The third-order valence-electron chi connectivity index (χ3n) is 3.82. The van der Waals surface area contributed by atoms with Gasteiger partial charge in [0.2, 0.25) is 11.9 Å². The summed E-state index contributed by atoms with van der Waals surface area (Å²) in [7, 11) is 0.